The number of nitrogens with one attached hydrogen (secondary N) is 1. The normalized spacial score (nSPS) is 38.0. The highest BCUT2D eigenvalue weighted by atomic mass is 16.5. The fraction of sp³-hybridized carbons (Fsp3) is 0.500. The predicted octanol–water partition coefficient (Wildman–Crippen LogP) is 1.97. The number of carboxylic acids is 1. The van der Waals surface area contributed by atoms with Gasteiger partial charge in [0.05, 0.1) is 23.4 Å². The Hall–Kier alpha value is -2.34. The number of ether oxygens (including phenoxy) is 1. The van der Waals surface area contributed by atoms with E-state index >= 15 is 0 Å². The van der Waals surface area contributed by atoms with E-state index in [9.17, 15) is 14.7 Å². The minimum Gasteiger partial charge on any atom is -0.497 e. The van der Waals surface area contributed by atoms with Crippen LogP contribution in [-0.4, -0.2) is 47.1 Å². The second-order valence-electron chi connectivity index (χ2n) is 7.96. The molecule has 4 heterocycles. The molecular weight excluding hydrogens is 332 g/mol. The van der Waals surface area contributed by atoms with Crippen molar-refractivity contribution < 1.29 is 19.4 Å². The summed E-state index contributed by atoms with van der Waals surface area (Å²) >= 11 is 0. The smallest absolute Gasteiger partial charge is 0.334 e. The van der Waals surface area contributed by atoms with Crippen molar-refractivity contribution in [1.29, 1.82) is 0 Å². The Morgan fingerprint density at radius 3 is 3.00 bits per heavy atom. The first-order valence-electron chi connectivity index (χ1n) is 9.26. The van der Waals surface area contributed by atoms with Crippen LogP contribution in [0.1, 0.15) is 25.3 Å². The molecule has 26 heavy (non-hydrogen) atoms. The topological polar surface area (TPSA) is 78.9 Å². The number of hydrogen-bond donors (Lipinski definition) is 2. The van der Waals surface area contributed by atoms with Crippen molar-refractivity contribution in [1.82, 2.24) is 4.90 Å². The summed E-state index contributed by atoms with van der Waals surface area (Å²) in [6, 6.07) is 7.95. The summed E-state index contributed by atoms with van der Waals surface area (Å²) < 4.78 is 5.62. The Morgan fingerprint density at radius 2 is 2.19 bits per heavy atom. The molecule has 0 aromatic heterocycles. The molecule has 0 aliphatic carbocycles. The number of carboxylic acid groups (broad SMARTS) is 1. The van der Waals surface area contributed by atoms with Gasteiger partial charge in [0.1, 0.15) is 0 Å². The largest absolute Gasteiger partial charge is 0.497 e. The molecule has 4 aliphatic heterocycles. The van der Waals surface area contributed by atoms with Crippen molar-refractivity contribution in [2.75, 3.05) is 18.4 Å². The summed E-state index contributed by atoms with van der Waals surface area (Å²) in [7, 11) is 0. The second-order valence-corrected chi connectivity index (χ2v) is 7.96. The number of anilines is 1. The zero-order valence-electron chi connectivity index (χ0n) is 14.6. The van der Waals surface area contributed by atoms with E-state index in [0.29, 0.717) is 12.0 Å². The van der Waals surface area contributed by atoms with Crippen LogP contribution in [0.5, 0.6) is 0 Å². The number of fused-ring (bicyclic) bond motifs is 5. The Balaban J connectivity index is 1.57. The maximum Gasteiger partial charge on any atom is 0.334 e. The lowest BCUT2D eigenvalue weighted by atomic mass is 9.66. The van der Waals surface area contributed by atoms with Crippen LogP contribution in [0.25, 0.3) is 0 Å². The molecule has 0 saturated carbocycles. The van der Waals surface area contributed by atoms with E-state index in [0.717, 1.165) is 30.8 Å². The number of carbonyl (C=O) groups excluding carboxylic acids is 1. The lowest BCUT2D eigenvalue weighted by Gasteiger charge is -2.47. The first-order valence-corrected chi connectivity index (χ1v) is 9.26. The van der Waals surface area contributed by atoms with Gasteiger partial charge in [-0.1, -0.05) is 18.2 Å². The number of benzene rings is 1. The summed E-state index contributed by atoms with van der Waals surface area (Å²) in [5.41, 5.74) is 1.75. The molecule has 1 spiro atoms. The Kier molecular flexibility index (Phi) is 3.26. The van der Waals surface area contributed by atoms with Gasteiger partial charge in [-0.2, -0.15) is 0 Å². The molecule has 1 amide bonds. The summed E-state index contributed by atoms with van der Waals surface area (Å²) in [4.78, 5) is 27.2. The third kappa shape index (κ3) is 1.91. The number of hydrogen-bond acceptors (Lipinski definition) is 4. The minimum atomic E-state index is -0.913. The van der Waals surface area contributed by atoms with Gasteiger partial charge in [0, 0.05) is 30.1 Å². The minimum absolute atomic E-state index is 0.00899. The first-order chi connectivity index (χ1) is 12.5. The monoisotopic (exact) mass is 354 g/mol. The molecule has 2 fully saturated rings. The molecule has 5 unspecified atom stereocenters. The van der Waals surface area contributed by atoms with Gasteiger partial charge in [0.25, 0.3) is 0 Å². The maximum absolute atomic E-state index is 13.1. The number of aliphatic carboxylic acids is 1. The number of rotatable bonds is 1. The van der Waals surface area contributed by atoms with Crippen molar-refractivity contribution in [2.45, 2.75) is 37.3 Å². The fourth-order valence-electron chi connectivity index (χ4n) is 5.66. The molecule has 4 aliphatic rings. The Bertz CT molecular complexity index is 835. The standard InChI is InChI=1S/C20H22N2O4/c1-11-13-9-22-7-6-20(15-4-2-3-5-16(15)21-19(20)25)17(22)8-12(13)14(10-26-11)18(23)24/h2-5,10-13,17H,6-9H2,1H3,(H,21,25)(H,23,24). The second kappa shape index (κ2) is 5.33. The van der Waals surface area contributed by atoms with Gasteiger partial charge in [-0.05, 0) is 37.9 Å². The molecule has 6 nitrogen and oxygen atoms in total. The summed E-state index contributed by atoms with van der Waals surface area (Å²) in [6.45, 7) is 3.64. The number of para-hydroxylation sites is 1. The number of nitrogens with zero attached hydrogens (tertiary/aromatic N) is 1. The molecule has 1 aromatic rings. The zero-order chi connectivity index (χ0) is 18.1. The van der Waals surface area contributed by atoms with Crippen LogP contribution in [0, 0.1) is 11.8 Å². The number of piperidine rings is 1. The third-order valence-electron chi connectivity index (χ3n) is 6.96. The molecule has 0 bridgehead atoms. The molecule has 6 heteroatoms. The maximum atomic E-state index is 13.1. The summed E-state index contributed by atoms with van der Waals surface area (Å²) in [5.74, 6) is -0.778. The van der Waals surface area contributed by atoms with Gasteiger partial charge < -0.3 is 15.2 Å². The number of carbonyl (C=O) groups is 2. The van der Waals surface area contributed by atoms with E-state index in [-0.39, 0.29) is 29.9 Å². The Labute approximate surface area is 151 Å². The van der Waals surface area contributed by atoms with Crippen LogP contribution in [-0.2, 0) is 19.7 Å². The molecule has 5 rings (SSSR count). The van der Waals surface area contributed by atoms with E-state index in [2.05, 4.69) is 10.2 Å². The fourth-order valence-corrected chi connectivity index (χ4v) is 5.66. The van der Waals surface area contributed by atoms with Gasteiger partial charge >= 0.3 is 5.97 Å². The van der Waals surface area contributed by atoms with E-state index in [1.807, 2.05) is 31.2 Å². The summed E-state index contributed by atoms with van der Waals surface area (Å²) in [6.07, 6.45) is 2.87. The molecule has 2 saturated heterocycles. The van der Waals surface area contributed by atoms with Crippen LogP contribution in [0.15, 0.2) is 36.1 Å². The van der Waals surface area contributed by atoms with E-state index in [4.69, 9.17) is 4.74 Å². The van der Waals surface area contributed by atoms with Crippen molar-refractivity contribution >= 4 is 17.6 Å². The highest BCUT2D eigenvalue weighted by Gasteiger charge is 2.61. The highest BCUT2D eigenvalue weighted by Crippen LogP contribution is 2.53. The van der Waals surface area contributed by atoms with Gasteiger partial charge in [-0.3, -0.25) is 9.69 Å². The van der Waals surface area contributed by atoms with Gasteiger partial charge in [-0.15, -0.1) is 0 Å². The lowest BCUT2D eigenvalue weighted by Crippen LogP contribution is -2.56. The van der Waals surface area contributed by atoms with Gasteiger partial charge in [-0.25, -0.2) is 4.79 Å². The van der Waals surface area contributed by atoms with Crippen LogP contribution < -0.4 is 5.32 Å². The van der Waals surface area contributed by atoms with Crippen molar-refractivity contribution in [2.24, 2.45) is 11.8 Å². The summed E-state index contributed by atoms with van der Waals surface area (Å²) in [5, 5.41) is 12.7. The lowest BCUT2D eigenvalue weighted by molar-refractivity contribution is -0.135. The first kappa shape index (κ1) is 15.9. The number of amides is 1. The average molecular weight is 354 g/mol. The van der Waals surface area contributed by atoms with Crippen LogP contribution >= 0.6 is 0 Å². The third-order valence-corrected chi connectivity index (χ3v) is 6.96. The van der Waals surface area contributed by atoms with E-state index in [1.54, 1.807) is 0 Å². The predicted molar refractivity (Wildman–Crippen MR) is 94.6 cm³/mol. The van der Waals surface area contributed by atoms with Crippen LogP contribution in [0.3, 0.4) is 0 Å². The molecule has 136 valence electrons. The van der Waals surface area contributed by atoms with E-state index < -0.39 is 11.4 Å². The molecule has 0 radical (unpaired) electrons. The Morgan fingerprint density at radius 1 is 1.38 bits per heavy atom. The molecule has 2 N–H and O–H groups in total. The molecular formula is C20H22N2O4. The van der Waals surface area contributed by atoms with Crippen LogP contribution in [0.4, 0.5) is 5.69 Å². The quantitative estimate of drug-likeness (QED) is 0.806. The SMILES string of the molecule is CC1OC=C(C(=O)O)C2CC3N(CCC34C(=O)Nc3ccccc34)CC12. The highest BCUT2D eigenvalue weighted by molar-refractivity contribution is 6.07. The van der Waals surface area contributed by atoms with Crippen LogP contribution in [0.2, 0.25) is 0 Å². The molecule has 5 atom stereocenters. The zero-order valence-corrected chi connectivity index (χ0v) is 14.6. The van der Waals surface area contributed by atoms with Crippen molar-refractivity contribution in [3.8, 4) is 0 Å². The van der Waals surface area contributed by atoms with E-state index in [1.165, 1.54) is 6.26 Å². The van der Waals surface area contributed by atoms with Gasteiger partial charge in [0.2, 0.25) is 5.91 Å². The van der Waals surface area contributed by atoms with Gasteiger partial charge in [0.15, 0.2) is 0 Å². The average Bonchev–Trinajstić information content (AvgIpc) is 3.14. The molecule has 1 aromatic carbocycles. The van der Waals surface area contributed by atoms with Crippen molar-refractivity contribution in [3.63, 3.8) is 0 Å². The van der Waals surface area contributed by atoms with Crippen molar-refractivity contribution in [3.05, 3.63) is 41.7 Å².